The van der Waals surface area contributed by atoms with E-state index in [4.69, 9.17) is 0 Å². The average Bonchev–Trinajstić information content (AvgIpc) is 2.52. The molecular weight excluding hydrogens is 288 g/mol. The Bertz CT molecular complexity index is 688. The van der Waals surface area contributed by atoms with E-state index in [1.807, 2.05) is 69.3 Å². The fourth-order valence-electron chi connectivity index (χ4n) is 2.27. The summed E-state index contributed by atoms with van der Waals surface area (Å²) in [7, 11) is 0. The average molecular weight is 310 g/mol. The van der Waals surface area contributed by atoms with Gasteiger partial charge in [0.15, 0.2) is 0 Å². The smallest absolute Gasteiger partial charge is 0.252 e. The van der Waals surface area contributed by atoms with Crippen LogP contribution in [-0.2, 0) is 4.79 Å². The first-order valence-corrected chi connectivity index (χ1v) is 7.60. The van der Waals surface area contributed by atoms with Gasteiger partial charge in [-0.15, -0.1) is 0 Å². The standard InChI is InChI=1S/C19H22N2O2/c1-19(2,3)21-17(22)13-20-18(23)16-12-8-7-11-15(16)14-9-5-4-6-10-14/h4-12H,13H2,1-3H3,(H,20,23)(H,21,22). The first-order chi connectivity index (χ1) is 10.9. The second-order valence-electron chi connectivity index (χ2n) is 6.39. The van der Waals surface area contributed by atoms with Crippen LogP contribution in [0.4, 0.5) is 0 Å². The largest absolute Gasteiger partial charge is 0.350 e. The molecule has 0 unspecified atom stereocenters. The molecule has 2 rings (SSSR count). The van der Waals surface area contributed by atoms with E-state index in [2.05, 4.69) is 10.6 Å². The van der Waals surface area contributed by atoms with Gasteiger partial charge in [0.1, 0.15) is 0 Å². The van der Waals surface area contributed by atoms with Gasteiger partial charge in [0, 0.05) is 11.1 Å². The van der Waals surface area contributed by atoms with Crippen molar-refractivity contribution in [2.45, 2.75) is 26.3 Å². The monoisotopic (exact) mass is 310 g/mol. The number of rotatable bonds is 4. The lowest BCUT2D eigenvalue weighted by atomic mass is 9.99. The minimum Gasteiger partial charge on any atom is -0.350 e. The SMILES string of the molecule is CC(C)(C)NC(=O)CNC(=O)c1ccccc1-c1ccccc1. The van der Waals surface area contributed by atoms with Crippen molar-refractivity contribution in [3.05, 3.63) is 60.2 Å². The first-order valence-electron chi connectivity index (χ1n) is 7.60. The second kappa shape index (κ2) is 7.09. The van der Waals surface area contributed by atoms with Gasteiger partial charge in [-0.25, -0.2) is 0 Å². The van der Waals surface area contributed by atoms with Gasteiger partial charge >= 0.3 is 0 Å². The summed E-state index contributed by atoms with van der Waals surface area (Å²) >= 11 is 0. The van der Waals surface area contributed by atoms with E-state index in [1.54, 1.807) is 6.07 Å². The minimum atomic E-state index is -0.316. The van der Waals surface area contributed by atoms with E-state index in [9.17, 15) is 9.59 Å². The van der Waals surface area contributed by atoms with Gasteiger partial charge in [-0.2, -0.15) is 0 Å². The summed E-state index contributed by atoms with van der Waals surface area (Å²) in [6.07, 6.45) is 0. The molecule has 4 heteroatoms. The minimum absolute atomic E-state index is 0.0424. The number of benzene rings is 2. The van der Waals surface area contributed by atoms with Gasteiger partial charge in [-0.05, 0) is 38.0 Å². The maximum absolute atomic E-state index is 12.4. The van der Waals surface area contributed by atoms with Crippen molar-refractivity contribution in [1.82, 2.24) is 10.6 Å². The highest BCUT2D eigenvalue weighted by molar-refractivity contribution is 6.02. The Morgan fingerprint density at radius 2 is 1.52 bits per heavy atom. The number of carbonyl (C=O) groups is 2. The maximum atomic E-state index is 12.4. The molecule has 0 atom stereocenters. The van der Waals surface area contributed by atoms with Crippen molar-refractivity contribution in [2.24, 2.45) is 0 Å². The molecule has 0 aromatic heterocycles. The molecular formula is C19H22N2O2. The highest BCUT2D eigenvalue weighted by Gasteiger charge is 2.16. The Morgan fingerprint density at radius 1 is 0.913 bits per heavy atom. The molecule has 0 fully saturated rings. The van der Waals surface area contributed by atoms with Crippen LogP contribution in [-0.4, -0.2) is 23.9 Å². The van der Waals surface area contributed by atoms with Gasteiger partial charge in [0.25, 0.3) is 5.91 Å². The third-order valence-corrected chi connectivity index (χ3v) is 3.18. The maximum Gasteiger partial charge on any atom is 0.252 e. The number of amides is 2. The highest BCUT2D eigenvalue weighted by atomic mass is 16.2. The summed E-state index contributed by atoms with van der Waals surface area (Å²) in [5.41, 5.74) is 2.06. The number of hydrogen-bond donors (Lipinski definition) is 2. The zero-order valence-corrected chi connectivity index (χ0v) is 13.7. The molecule has 0 aliphatic heterocycles. The van der Waals surface area contributed by atoms with Gasteiger partial charge < -0.3 is 10.6 Å². The Labute approximate surface area is 136 Å². The quantitative estimate of drug-likeness (QED) is 0.912. The van der Waals surface area contributed by atoms with Crippen LogP contribution in [0.2, 0.25) is 0 Å². The predicted molar refractivity (Wildman–Crippen MR) is 92.1 cm³/mol. The molecule has 0 saturated carbocycles. The first kappa shape index (κ1) is 16.7. The van der Waals surface area contributed by atoms with E-state index in [1.165, 1.54) is 0 Å². The summed E-state index contributed by atoms with van der Waals surface area (Å²) in [4.78, 5) is 24.2. The van der Waals surface area contributed by atoms with Crippen LogP contribution in [0.1, 0.15) is 31.1 Å². The predicted octanol–water partition coefficient (Wildman–Crippen LogP) is 3.00. The molecule has 2 aromatic rings. The van der Waals surface area contributed by atoms with Crippen LogP contribution in [0.3, 0.4) is 0 Å². The normalized spacial score (nSPS) is 10.9. The zero-order valence-electron chi connectivity index (χ0n) is 13.7. The number of nitrogens with one attached hydrogen (secondary N) is 2. The van der Waals surface area contributed by atoms with Crippen LogP contribution in [0.25, 0.3) is 11.1 Å². The molecule has 2 N–H and O–H groups in total. The summed E-state index contributed by atoms with van der Waals surface area (Å²) in [6, 6.07) is 17.1. The molecule has 0 heterocycles. The molecule has 0 aliphatic carbocycles. The van der Waals surface area contributed by atoms with Crippen molar-refractivity contribution in [3.63, 3.8) is 0 Å². The number of hydrogen-bond acceptors (Lipinski definition) is 2. The summed E-state index contributed by atoms with van der Waals surface area (Å²) in [5, 5.41) is 5.50. The van der Waals surface area contributed by atoms with Crippen LogP contribution in [0, 0.1) is 0 Å². The lowest BCUT2D eigenvalue weighted by Crippen LogP contribution is -2.45. The Hall–Kier alpha value is -2.62. The molecule has 0 aliphatic rings. The van der Waals surface area contributed by atoms with Gasteiger partial charge in [-0.3, -0.25) is 9.59 Å². The molecule has 4 nitrogen and oxygen atoms in total. The molecule has 120 valence electrons. The fourth-order valence-corrected chi connectivity index (χ4v) is 2.27. The van der Waals surface area contributed by atoms with E-state index >= 15 is 0 Å². The molecule has 2 amide bonds. The lowest BCUT2D eigenvalue weighted by molar-refractivity contribution is -0.121. The molecule has 0 spiro atoms. The van der Waals surface area contributed by atoms with Gasteiger partial charge in [0.05, 0.1) is 6.54 Å². The Morgan fingerprint density at radius 3 is 2.17 bits per heavy atom. The molecule has 0 bridgehead atoms. The summed E-state index contributed by atoms with van der Waals surface area (Å²) in [5.74, 6) is -0.462. The van der Waals surface area contributed by atoms with E-state index in [-0.39, 0.29) is 23.9 Å². The molecule has 0 radical (unpaired) electrons. The van der Waals surface area contributed by atoms with Crippen molar-refractivity contribution < 1.29 is 9.59 Å². The van der Waals surface area contributed by atoms with Crippen molar-refractivity contribution in [3.8, 4) is 11.1 Å². The van der Waals surface area contributed by atoms with Crippen LogP contribution in [0.5, 0.6) is 0 Å². The van der Waals surface area contributed by atoms with Gasteiger partial charge in [0.2, 0.25) is 5.91 Å². The molecule has 23 heavy (non-hydrogen) atoms. The summed E-state index contributed by atoms with van der Waals surface area (Å²) in [6.45, 7) is 5.66. The van der Waals surface area contributed by atoms with Gasteiger partial charge in [-0.1, -0.05) is 48.5 Å². The zero-order chi connectivity index (χ0) is 16.9. The van der Waals surface area contributed by atoms with E-state index < -0.39 is 0 Å². The van der Waals surface area contributed by atoms with E-state index in [0.29, 0.717) is 5.56 Å². The Kier molecular flexibility index (Phi) is 5.16. The van der Waals surface area contributed by atoms with Crippen LogP contribution >= 0.6 is 0 Å². The van der Waals surface area contributed by atoms with E-state index in [0.717, 1.165) is 11.1 Å². The second-order valence-corrected chi connectivity index (χ2v) is 6.39. The fraction of sp³-hybridized carbons (Fsp3) is 0.263. The van der Waals surface area contributed by atoms with Crippen molar-refractivity contribution >= 4 is 11.8 Å². The van der Waals surface area contributed by atoms with Crippen molar-refractivity contribution in [2.75, 3.05) is 6.54 Å². The number of carbonyl (C=O) groups excluding carboxylic acids is 2. The van der Waals surface area contributed by atoms with Crippen LogP contribution < -0.4 is 10.6 Å². The third-order valence-electron chi connectivity index (χ3n) is 3.18. The van der Waals surface area contributed by atoms with Crippen molar-refractivity contribution in [1.29, 1.82) is 0 Å². The lowest BCUT2D eigenvalue weighted by Gasteiger charge is -2.20. The molecule has 0 saturated heterocycles. The third kappa shape index (κ3) is 4.95. The summed E-state index contributed by atoms with van der Waals surface area (Å²) < 4.78 is 0. The Balaban J connectivity index is 2.10. The highest BCUT2D eigenvalue weighted by Crippen LogP contribution is 2.23. The topological polar surface area (TPSA) is 58.2 Å². The van der Waals surface area contributed by atoms with Crippen LogP contribution in [0.15, 0.2) is 54.6 Å². The molecule has 2 aromatic carbocycles.